The topological polar surface area (TPSA) is 26.0 Å². The highest BCUT2D eigenvalue weighted by Crippen LogP contribution is 2.30. The van der Waals surface area contributed by atoms with Gasteiger partial charge in [-0.15, -0.1) is 0 Å². The second kappa shape index (κ2) is 5.15. The lowest BCUT2D eigenvalue weighted by atomic mass is 9.89. The van der Waals surface area contributed by atoms with Gasteiger partial charge in [-0.2, -0.15) is 0 Å². The third-order valence-electron chi connectivity index (χ3n) is 3.30. The van der Waals surface area contributed by atoms with Gasteiger partial charge < -0.3 is 5.73 Å². The Bertz CT molecular complexity index is 409. The van der Waals surface area contributed by atoms with E-state index in [4.69, 9.17) is 5.73 Å². The highest BCUT2D eigenvalue weighted by molar-refractivity contribution is 9.10. The molecule has 2 N–H and O–H groups in total. The summed E-state index contributed by atoms with van der Waals surface area (Å²) in [7, 11) is 0. The van der Waals surface area contributed by atoms with Gasteiger partial charge in [-0.1, -0.05) is 33.6 Å². The molecule has 1 atom stereocenters. The van der Waals surface area contributed by atoms with Crippen molar-refractivity contribution in [2.24, 2.45) is 5.73 Å². The maximum Gasteiger partial charge on any atom is 0.0513 e. The molecule has 0 aliphatic heterocycles. The van der Waals surface area contributed by atoms with Crippen LogP contribution in [0.3, 0.4) is 0 Å². The van der Waals surface area contributed by atoms with Crippen LogP contribution in [0.4, 0.5) is 0 Å². The van der Waals surface area contributed by atoms with Crippen molar-refractivity contribution >= 4 is 15.9 Å². The first-order chi connectivity index (χ1) is 7.68. The molecule has 1 aliphatic carbocycles. The molecule has 16 heavy (non-hydrogen) atoms. The van der Waals surface area contributed by atoms with Gasteiger partial charge in [-0.25, -0.2) is 0 Å². The van der Waals surface area contributed by atoms with E-state index in [0.717, 1.165) is 10.9 Å². The first-order valence-corrected chi connectivity index (χ1v) is 6.68. The van der Waals surface area contributed by atoms with Gasteiger partial charge in [0.05, 0.1) is 6.04 Å². The van der Waals surface area contributed by atoms with Crippen LogP contribution in [0.15, 0.2) is 34.3 Å². The maximum atomic E-state index is 6.35. The normalized spacial score (nSPS) is 18.1. The minimum Gasteiger partial charge on any atom is -0.321 e. The molecule has 0 amide bonds. The van der Waals surface area contributed by atoms with E-state index in [-0.39, 0.29) is 6.04 Å². The summed E-state index contributed by atoms with van der Waals surface area (Å²) in [5.74, 6) is 0. The highest BCUT2D eigenvalue weighted by atomic mass is 79.9. The number of aryl methyl sites for hydroxylation is 1. The molecule has 0 heterocycles. The molecule has 86 valence electrons. The molecule has 2 rings (SSSR count). The van der Waals surface area contributed by atoms with E-state index in [9.17, 15) is 0 Å². The molecule has 0 fully saturated rings. The molecule has 0 saturated heterocycles. The van der Waals surface area contributed by atoms with Crippen molar-refractivity contribution in [2.75, 3.05) is 0 Å². The zero-order chi connectivity index (χ0) is 11.5. The zero-order valence-corrected chi connectivity index (χ0v) is 11.3. The van der Waals surface area contributed by atoms with E-state index in [0.29, 0.717) is 0 Å². The summed E-state index contributed by atoms with van der Waals surface area (Å²) < 4.78 is 1.11. The van der Waals surface area contributed by atoms with Gasteiger partial charge in [0.1, 0.15) is 0 Å². The molecule has 0 saturated carbocycles. The van der Waals surface area contributed by atoms with Crippen molar-refractivity contribution in [2.45, 2.75) is 38.6 Å². The van der Waals surface area contributed by atoms with Crippen molar-refractivity contribution in [1.29, 1.82) is 0 Å². The van der Waals surface area contributed by atoms with E-state index in [1.807, 2.05) is 0 Å². The summed E-state index contributed by atoms with van der Waals surface area (Å²) in [6.07, 6.45) is 7.28. The van der Waals surface area contributed by atoms with Gasteiger partial charge in [-0.05, 0) is 55.9 Å². The molecule has 1 aromatic rings. The van der Waals surface area contributed by atoms with Crippen LogP contribution in [0.1, 0.15) is 42.9 Å². The van der Waals surface area contributed by atoms with Crippen molar-refractivity contribution < 1.29 is 0 Å². The Balaban J connectivity index is 2.29. The van der Waals surface area contributed by atoms with Gasteiger partial charge in [0.15, 0.2) is 0 Å². The SMILES string of the molecule is Cc1ccc(Br)cc1C(N)C1=CCCCC1. The minimum absolute atomic E-state index is 0.0813. The summed E-state index contributed by atoms with van der Waals surface area (Å²) in [6, 6.07) is 6.43. The maximum absolute atomic E-state index is 6.35. The average Bonchev–Trinajstić information content (AvgIpc) is 2.32. The minimum atomic E-state index is 0.0813. The Kier molecular flexibility index (Phi) is 3.82. The van der Waals surface area contributed by atoms with Crippen molar-refractivity contribution in [3.05, 3.63) is 45.4 Å². The smallest absolute Gasteiger partial charge is 0.0513 e. The number of nitrogens with two attached hydrogens (primary N) is 1. The van der Waals surface area contributed by atoms with Crippen LogP contribution in [0.25, 0.3) is 0 Å². The molecule has 1 aliphatic rings. The first kappa shape index (κ1) is 11.9. The molecule has 0 spiro atoms. The molecule has 0 bridgehead atoms. The van der Waals surface area contributed by atoms with Crippen molar-refractivity contribution in [3.63, 3.8) is 0 Å². The largest absolute Gasteiger partial charge is 0.321 e. The summed E-state index contributed by atoms with van der Waals surface area (Å²) >= 11 is 3.51. The van der Waals surface area contributed by atoms with Crippen LogP contribution >= 0.6 is 15.9 Å². The lowest BCUT2D eigenvalue weighted by Crippen LogP contribution is -2.16. The fourth-order valence-electron chi connectivity index (χ4n) is 2.29. The number of benzene rings is 1. The van der Waals surface area contributed by atoms with Crippen molar-refractivity contribution in [3.8, 4) is 0 Å². The fourth-order valence-corrected chi connectivity index (χ4v) is 2.67. The van der Waals surface area contributed by atoms with Gasteiger partial charge in [0.2, 0.25) is 0 Å². The van der Waals surface area contributed by atoms with Gasteiger partial charge in [0.25, 0.3) is 0 Å². The summed E-state index contributed by atoms with van der Waals surface area (Å²) in [5.41, 5.74) is 10.3. The molecular weight excluding hydrogens is 262 g/mol. The summed E-state index contributed by atoms with van der Waals surface area (Å²) in [6.45, 7) is 2.13. The molecule has 2 heteroatoms. The predicted octanol–water partition coefficient (Wildman–Crippen LogP) is 4.26. The van der Waals surface area contributed by atoms with E-state index < -0.39 is 0 Å². The Morgan fingerprint density at radius 1 is 1.31 bits per heavy atom. The number of rotatable bonds is 2. The zero-order valence-electron chi connectivity index (χ0n) is 9.67. The Hall–Kier alpha value is -0.600. The molecule has 1 aromatic carbocycles. The van der Waals surface area contributed by atoms with Crippen LogP contribution in [-0.2, 0) is 0 Å². The number of hydrogen-bond acceptors (Lipinski definition) is 1. The molecule has 0 radical (unpaired) electrons. The van der Waals surface area contributed by atoms with E-state index in [1.54, 1.807) is 0 Å². The fraction of sp³-hybridized carbons (Fsp3) is 0.429. The molecule has 0 aromatic heterocycles. The molecule has 1 unspecified atom stereocenters. The highest BCUT2D eigenvalue weighted by Gasteiger charge is 2.15. The van der Waals surface area contributed by atoms with Gasteiger partial charge in [0, 0.05) is 4.47 Å². The summed E-state index contributed by atoms with van der Waals surface area (Å²) in [5, 5.41) is 0. The monoisotopic (exact) mass is 279 g/mol. The molecular formula is C14H18BrN. The van der Waals surface area contributed by atoms with Crippen LogP contribution in [0, 0.1) is 6.92 Å². The molecule has 1 nitrogen and oxygen atoms in total. The number of allylic oxidation sites excluding steroid dienone is 1. The standard InChI is InChI=1S/C14H18BrN/c1-10-7-8-12(15)9-13(10)14(16)11-5-3-2-4-6-11/h5,7-9,14H,2-4,6,16H2,1H3. The van der Waals surface area contributed by atoms with Crippen LogP contribution in [0.2, 0.25) is 0 Å². The third-order valence-corrected chi connectivity index (χ3v) is 3.80. The van der Waals surface area contributed by atoms with E-state index in [1.165, 1.54) is 36.0 Å². The van der Waals surface area contributed by atoms with E-state index >= 15 is 0 Å². The lowest BCUT2D eigenvalue weighted by molar-refractivity contribution is 0.647. The Morgan fingerprint density at radius 3 is 2.81 bits per heavy atom. The quantitative estimate of drug-likeness (QED) is 0.805. The Labute approximate surface area is 106 Å². The second-order valence-corrected chi connectivity index (χ2v) is 5.42. The van der Waals surface area contributed by atoms with Crippen LogP contribution in [-0.4, -0.2) is 0 Å². The van der Waals surface area contributed by atoms with Crippen LogP contribution in [0.5, 0.6) is 0 Å². The Morgan fingerprint density at radius 2 is 2.12 bits per heavy atom. The summed E-state index contributed by atoms with van der Waals surface area (Å²) in [4.78, 5) is 0. The van der Waals surface area contributed by atoms with Crippen LogP contribution < -0.4 is 5.73 Å². The second-order valence-electron chi connectivity index (χ2n) is 4.50. The van der Waals surface area contributed by atoms with Gasteiger partial charge >= 0.3 is 0 Å². The predicted molar refractivity (Wildman–Crippen MR) is 72.4 cm³/mol. The van der Waals surface area contributed by atoms with E-state index in [2.05, 4.69) is 47.1 Å². The van der Waals surface area contributed by atoms with Crippen molar-refractivity contribution in [1.82, 2.24) is 0 Å². The number of hydrogen-bond donors (Lipinski definition) is 1. The lowest BCUT2D eigenvalue weighted by Gasteiger charge is -2.21. The first-order valence-electron chi connectivity index (χ1n) is 5.89. The third kappa shape index (κ3) is 2.55. The number of halogens is 1. The van der Waals surface area contributed by atoms with Gasteiger partial charge in [-0.3, -0.25) is 0 Å². The average molecular weight is 280 g/mol.